The van der Waals surface area contributed by atoms with Gasteiger partial charge < -0.3 is 9.47 Å². The fraction of sp³-hybridized carbons (Fsp3) is 0.917. The quantitative estimate of drug-likeness (QED) is 0.439. The molecule has 0 spiro atoms. The van der Waals surface area contributed by atoms with Gasteiger partial charge in [-0.15, -0.1) is 0 Å². The van der Waals surface area contributed by atoms with Crippen LogP contribution < -0.4 is 0 Å². The molecule has 0 bridgehead atoms. The number of esters is 1. The summed E-state index contributed by atoms with van der Waals surface area (Å²) in [4.78, 5) is 11.3. The standard InChI is InChI=1S/C12H24O3/c1-4-7-8-9-10-15-11(5-2)12(13)14-6-3/h11H,4-10H2,1-3H3. The highest BCUT2D eigenvalue weighted by Crippen LogP contribution is 2.05. The third kappa shape index (κ3) is 7.37. The van der Waals surface area contributed by atoms with E-state index in [0.29, 0.717) is 19.6 Å². The molecule has 15 heavy (non-hydrogen) atoms. The highest BCUT2D eigenvalue weighted by molar-refractivity contribution is 5.74. The second kappa shape index (κ2) is 9.97. The number of unbranched alkanes of at least 4 members (excludes halogenated alkanes) is 3. The van der Waals surface area contributed by atoms with Crippen molar-refractivity contribution in [3.8, 4) is 0 Å². The minimum Gasteiger partial charge on any atom is -0.464 e. The summed E-state index contributed by atoms with van der Waals surface area (Å²) in [6.45, 7) is 7.01. The number of hydrogen-bond acceptors (Lipinski definition) is 3. The molecule has 1 unspecified atom stereocenters. The lowest BCUT2D eigenvalue weighted by molar-refractivity contribution is -0.157. The van der Waals surface area contributed by atoms with Crippen LogP contribution in [0.2, 0.25) is 0 Å². The Morgan fingerprint density at radius 3 is 2.40 bits per heavy atom. The van der Waals surface area contributed by atoms with E-state index in [-0.39, 0.29) is 12.1 Å². The van der Waals surface area contributed by atoms with Crippen LogP contribution in [0.1, 0.15) is 52.9 Å². The maximum absolute atomic E-state index is 11.3. The summed E-state index contributed by atoms with van der Waals surface area (Å²) in [6, 6.07) is 0. The van der Waals surface area contributed by atoms with Crippen LogP contribution in [0.3, 0.4) is 0 Å². The average molecular weight is 216 g/mol. The van der Waals surface area contributed by atoms with E-state index in [9.17, 15) is 4.79 Å². The molecule has 0 aromatic rings. The zero-order chi connectivity index (χ0) is 11.5. The van der Waals surface area contributed by atoms with Crippen LogP contribution in [0.5, 0.6) is 0 Å². The van der Waals surface area contributed by atoms with E-state index in [1.54, 1.807) is 0 Å². The highest BCUT2D eigenvalue weighted by atomic mass is 16.6. The lowest BCUT2D eigenvalue weighted by Crippen LogP contribution is -2.26. The Balaban J connectivity index is 3.56. The molecule has 0 heterocycles. The number of hydrogen-bond donors (Lipinski definition) is 0. The van der Waals surface area contributed by atoms with Crippen molar-refractivity contribution in [3.05, 3.63) is 0 Å². The van der Waals surface area contributed by atoms with E-state index in [1.807, 2.05) is 13.8 Å². The molecule has 0 saturated carbocycles. The van der Waals surface area contributed by atoms with Gasteiger partial charge in [0.2, 0.25) is 0 Å². The molecule has 0 aliphatic heterocycles. The summed E-state index contributed by atoms with van der Waals surface area (Å²) in [5.74, 6) is -0.226. The molecule has 3 heteroatoms. The first-order chi connectivity index (χ1) is 7.26. The Kier molecular flexibility index (Phi) is 9.59. The van der Waals surface area contributed by atoms with Crippen LogP contribution in [-0.4, -0.2) is 25.3 Å². The van der Waals surface area contributed by atoms with Gasteiger partial charge in [0.25, 0.3) is 0 Å². The van der Waals surface area contributed by atoms with Gasteiger partial charge in [-0.2, -0.15) is 0 Å². The van der Waals surface area contributed by atoms with Crippen molar-refractivity contribution in [1.82, 2.24) is 0 Å². The summed E-state index contributed by atoms with van der Waals surface area (Å²) in [5, 5.41) is 0. The van der Waals surface area contributed by atoms with Gasteiger partial charge >= 0.3 is 5.97 Å². The van der Waals surface area contributed by atoms with Crippen LogP contribution in [0.25, 0.3) is 0 Å². The summed E-state index contributed by atoms with van der Waals surface area (Å²) < 4.78 is 10.4. The van der Waals surface area contributed by atoms with Gasteiger partial charge in [-0.3, -0.25) is 0 Å². The molecule has 90 valence electrons. The van der Waals surface area contributed by atoms with Gasteiger partial charge in [-0.1, -0.05) is 33.1 Å². The van der Waals surface area contributed by atoms with Crippen molar-refractivity contribution in [3.63, 3.8) is 0 Å². The molecular weight excluding hydrogens is 192 g/mol. The van der Waals surface area contributed by atoms with Crippen molar-refractivity contribution >= 4 is 5.97 Å². The molecule has 0 aromatic carbocycles. The molecule has 3 nitrogen and oxygen atoms in total. The Hall–Kier alpha value is -0.570. The minimum absolute atomic E-state index is 0.226. The fourth-order valence-electron chi connectivity index (χ4n) is 1.34. The van der Waals surface area contributed by atoms with E-state index in [0.717, 1.165) is 6.42 Å². The Morgan fingerprint density at radius 1 is 1.13 bits per heavy atom. The summed E-state index contributed by atoms with van der Waals surface area (Å²) in [7, 11) is 0. The van der Waals surface area contributed by atoms with Gasteiger partial charge in [0.15, 0.2) is 6.10 Å². The molecule has 0 radical (unpaired) electrons. The maximum atomic E-state index is 11.3. The van der Waals surface area contributed by atoms with Gasteiger partial charge in [-0.25, -0.2) is 4.79 Å². The molecule has 0 aliphatic rings. The normalized spacial score (nSPS) is 12.5. The molecule has 0 saturated heterocycles. The molecule has 0 fully saturated rings. The number of ether oxygens (including phenoxy) is 2. The van der Waals surface area contributed by atoms with Crippen molar-refractivity contribution in [2.24, 2.45) is 0 Å². The molecule has 0 rings (SSSR count). The number of carbonyl (C=O) groups excluding carboxylic acids is 1. The predicted molar refractivity (Wildman–Crippen MR) is 60.8 cm³/mol. The van der Waals surface area contributed by atoms with E-state index < -0.39 is 0 Å². The van der Waals surface area contributed by atoms with Crippen molar-refractivity contribution in [1.29, 1.82) is 0 Å². The predicted octanol–water partition coefficient (Wildman–Crippen LogP) is 2.93. The lowest BCUT2D eigenvalue weighted by atomic mass is 10.2. The monoisotopic (exact) mass is 216 g/mol. The SMILES string of the molecule is CCCCCCOC(CC)C(=O)OCC. The van der Waals surface area contributed by atoms with Gasteiger partial charge in [0.05, 0.1) is 6.61 Å². The van der Waals surface area contributed by atoms with Crippen LogP contribution in [0.4, 0.5) is 0 Å². The van der Waals surface area contributed by atoms with E-state index in [1.165, 1.54) is 19.3 Å². The van der Waals surface area contributed by atoms with Crippen LogP contribution in [0, 0.1) is 0 Å². The van der Waals surface area contributed by atoms with E-state index in [4.69, 9.17) is 9.47 Å². The van der Waals surface area contributed by atoms with Crippen LogP contribution >= 0.6 is 0 Å². The Morgan fingerprint density at radius 2 is 1.87 bits per heavy atom. The molecular formula is C12H24O3. The average Bonchev–Trinajstić information content (AvgIpc) is 2.23. The van der Waals surface area contributed by atoms with Crippen molar-refractivity contribution in [2.45, 2.75) is 59.0 Å². The van der Waals surface area contributed by atoms with Gasteiger partial charge in [-0.05, 0) is 19.8 Å². The molecule has 0 aromatic heterocycles. The van der Waals surface area contributed by atoms with Gasteiger partial charge in [0, 0.05) is 6.61 Å². The second-order valence-corrected chi connectivity index (χ2v) is 3.58. The largest absolute Gasteiger partial charge is 0.464 e. The first-order valence-electron chi connectivity index (χ1n) is 6.04. The Labute approximate surface area is 93.1 Å². The number of carbonyl (C=O) groups is 1. The zero-order valence-electron chi connectivity index (χ0n) is 10.3. The maximum Gasteiger partial charge on any atom is 0.335 e. The van der Waals surface area contributed by atoms with Crippen molar-refractivity contribution < 1.29 is 14.3 Å². The first kappa shape index (κ1) is 14.4. The molecule has 0 aliphatic carbocycles. The lowest BCUT2D eigenvalue weighted by Gasteiger charge is -2.14. The van der Waals surface area contributed by atoms with Gasteiger partial charge in [0.1, 0.15) is 0 Å². The first-order valence-corrected chi connectivity index (χ1v) is 6.04. The summed E-state index contributed by atoms with van der Waals surface area (Å²) in [5.41, 5.74) is 0. The fourth-order valence-corrected chi connectivity index (χ4v) is 1.34. The van der Waals surface area contributed by atoms with Crippen LogP contribution in [0.15, 0.2) is 0 Å². The molecule has 0 amide bonds. The van der Waals surface area contributed by atoms with E-state index >= 15 is 0 Å². The third-order valence-electron chi connectivity index (χ3n) is 2.24. The minimum atomic E-state index is -0.369. The smallest absolute Gasteiger partial charge is 0.335 e. The number of rotatable bonds is 9. The third-order valence-corrected chi connectivity index (χ3v) is 2.24. The molecule has 0 N–H and O–H groups in total. The Bertz CT molecular complexity index is 157. The van der Waals surface area contributed by atoms with Crippen molar-refractivity contribution in [2.75, 3.05) is 13.2 Å². The molecule has 1 atom stereocenters. The second-order valence-electron chi connectivity index (χ2n) is 3.58. The van der Waals surface area contributed by atoms with Crippen LogP contribution in [-0.2, 0) is 14.3 Å². The zero-order valence-corrected chi connectivity index (χ0v) is 10.3. The topological polar surface area (TPSA) is 35.5 Å². The summed E-state index contributed by atoms with van der Waals surface area (Å²) >= 11 is 0. The highest BCUT2D eigenvalue weighted by Gasteiger charge is 2.17. The van der Waals surface area contributed by atoms with E-state index in [2.05, 4.69) is 6.92 Å². The summed E-state index contributed by atoms with van der Waals surface area (Å²) in [6.07, 6.45) is 4.98.